The van der Waals surface area contributed by atoms with Gasteiger partial charge in [0.1, 0.15) is 5.75 Å². The second-order valence-corrected chi connectivity index (χ2v) is 4.99. The summed E-state index contributed by atoms with van der Waals surface area (Å²) >= 11 is 0. The van der Waals surface area contributed by atoms with Gasteiger partial charge in [-0.1, -0.05) is 6.07 Å². The number of hydrogen-bond donors (Lipinski definition) is 1. The first kappa shape index (κ1) is 12.2. The fourth-order valence-electron chi connectivity index (χ4n) is 2.18. The molecule has 0 atom stereocenters. The van der Waals surface area contributed by atoms with Gasteiger partial charge in [-0.2, -0.15) is 0 Å². The number of rotatable bonds is 3. The summed E-state index contributed by atoms with van der Waals surface area (Å²) in [6.45, 7) is 6.19. The maximum Gasteiger partial charge on any atom is 0.121 e. The summed E-state index contributed by atoms with van der Waals surface area (Å²) in [6, 6.07) is 8.71. The van der Waals surface area contributed by atoms with Crippen molar-refractivity contribution < 1.29 is 4.74 Å². The van der Waals surface area contributed by atoms with Gasteiger partial charge in [0.05, 0.1) is 6.10 Å². The largest absolute Gasteiger partial charge is 0.491 e. The highest BCUT2D eigenvalue weighted by Gasteiger charge is 2.16. The molecule has 3 nitrogen and oxygen atoms in total. The van der Waals surface area contributed by atoms with Crippen LogP contribution in [0.25, 0.3) is 0 Å². The van der Waals surface area contributed by atoms with E-state index >= 15 is 0 Å². The molecule has 1 aromatic carbocycles. The molecule has 0 spiro atoms. The molecule has 1 aliphatic heterocycles. The molecule has 1 fully saturated rings. The average molecular weight is 234 g/mol. The van der Waals surface area contributed by atoms with Crippen LogP contribution in [0.1, 0.15) is 26.7 Å². The summed E-state index contributed by atoms with van der Waals surface area (Å²) in [5.74, 6) is 0.951. The lowest BCUT2D eigenvalue weighted by atomic mass is 10.1. The second-order valence-electron chi connectivity index (χ2n) is 4.99. The van der Waals surface area contributed by atoms with Crippen LogP contribution in [0.4, 0.5) is 5.69 Å². The van der Waals surface area contributed by atoms with Gasteiger partial charge >= 0.3 is 0 Å². The number of hydrogen-bond acceptors (Lipinski definition) is 3. The Morgan fingerprint density at radius 1 is 1.29 bits per heavy atom. The minimum Gasteiger partial charge on any atom is -0.491 e. The maximum absolute atomic E-state index is 5.92. The van der Waals surface area contributed by atoms with Crippen LogP contribution in [0.2, 0.25) is 0 Å². The lowest BCUT2D eigenvalue weighted by molar-refractivity contribution is 0.242. The number of nitrogens with zero attached hydrogens (tertiary/aromatic N) is 1. The molecule has 0 unspecified atom stereocenters. The first-order valence-corrected chi connectivity index (χ1v) is 6.42. The van der Waals surface area contributed by atoms with Gasteiger partial charge in [-0.15, -0.1) is 0 Å². The van der Waals surface area contributed by atoms with Crippen LogP contribution in [-0.2, 0) is 0 Å². The predicted octanol–water partition coefficient (Wildman–Crippen LogP) is 2.40. The van der Waals surface area contributed by atoms with Crippen molar-refractivity contribution in [2.24, 2.45) is 5.73 Å². The van der Waals surface area contributed by atoms with E-state index in [-0.39, 0.29) is 6.10 Å². The molecule has 0 radical (unpaired) electrons. The molecule has 1 saturated heterocycles. The van der Waals surface area contributed by atoms with E-state index in [4.69, 9.17) is 10.5 Å². The van der Waals surface area contributed by atoms with E-state index < -0.39 is 0 Å². The number of nitrogens with two attached hydrogens (primary N) is 1. The van der Waals surface area contributed by atoms with Crippen molar-refractivity contribution >= 4 is 5.69 Å². The van der Waals surface area contributed by atoms with Gasteiger partial charge in [-0.05, 0) is 38.8 Å². The molecule has 94 valence electrons. The van der Waals surface area contributed by atoms with E-state index in [1.54, 1.807) is 0 Å². The highest BCUT2D eigenvalue weighted by atomic mass is 16.5. The molecule has 1 aromatic rings. The Morgan fingerprint density at radius 2 is 2.00 bits per heavy atom. The zero-order valence-corrected chi connectivity index (χ0v) is 10.7. The standard InChI is InChI=1S/C14H22N2O/c1-11(2)17-14-5-3-4-13(10-14)16-8-6-12(15)7-9-16/h3-5,10-12H,6-9,15H2,1-2H3. The Hall–Kier alpha value is -1.22. The lowest BCUT2D eigenvalue weighted by Gasteiger charge is -2.32. The number of ether oxygens (including phenoxy) is 1. The Morgan fingerprint density at radius 3 is 2.65 bits per heavy atom. The van der Waals surface area contributed by atoms with E-state index in [1.165, 1.54) is 5.69 Å². The summed E-state index contributed by atoms with van der Waals surface area (Å²) in [4.78, 5) is 2.39. The Bertz CT molecular complexity index is 357. The van der Waals surface area contributed by atoms with Gasteiger partial charge in [-0.25, -0.2) is 0 Å². The summed E-state index contributed by atoms with van der Waals surface area (Å²) < 4.78 is 5.72. The van der Waals surface area contributed by atoms with Gasteiger partial charge in [0, 0.05) is 30.9 Å². The summed E-state index contributed by atoms with van der Waals surface area (Å²) in [6.07, 6.45) is 2.38. The van der Waals surface area contributed by atoms with Crippen molar-refractivity contribution in [2.45, 2.75) is 38.8 Å². The molecular weight excluding hydrogens is 212 g/mol. The molecule has 0 amide bonds. The molecule has 2 N–H and O–H groups in total. The first-order chi connectivity index (χ1) is 8.15. The van der Waals surface area contributed by atoms with Crippen molar-refractivity contribution in [3.63, 3.8) is 0 Å². The van der Waals surface area contributed by atoms with Gasteiger partial charge in [0.25, 0.3) is 0 Å². The molecule has 3 heteroatoms. The lowest BCUT2D eigenvalue weighted by Crippen LogP contribution is -2.39. The minimum atomic E-state index is 0.222. The number of anilines is 1. The Labute approximate surface area is 104 Å². The van der Waals surface area contributed by atoms with E-state index in [0.29, 0.717) is 6.04 Å². The van der Waals surface area contributed by atoms with Crippen LogP contribution in [0, 0.1) is 0 Å². The third-order valence-electron chi connectivity index (χ3n) is 3.09. The van der Waals surface area contributed by atoms with Crippen LogP contribution in [-0.4, -0.2) is 25.2 Å². The van der Waals surface area contributed by atoms with Crippen molar-refractivity contribution in [3.8, 4) is 5.75 Å². The van der Waals surface area contributed by atoms with E-state index in [0.717, 1.165) is 31.7 Å². The van der Waals surface area contributed by atoms with Crippen molar-refractivity contribution in [1.82, 2.24) is 0 Å². The molecule has 2 rings (SSSR count). The van der Waals surface area contributed by atoms with Crippen molar-refractivity contribution in [1.29, 1.82) is 0 Å². The fraction of sp³-hybridized carbons (Fsp3) is 0.571. The number of benzene rings is 1. The first-order valence-electron chi connectivity index (χ1n) is 6.42. The molecule has 0 aliphatic carbocycles. The van der Waals surface area contributed by atoms with E-state index in [1.807, 2.05) is 19.9 Å². The van der Waals surface area contributed by atoms with Crippen molar-refractivity contribution in [2.75, 3.05) is 18.0 Å². The molecular formula is C14H22N2O. The SMILES string of the molecule is CC(C)Oc1cccc(N2CCC(N)CC2)c1. The van der Waals surface area contributed by atoms with Crippen molar-refractivity contribution in [3.05, 3.63) is 24.3 Å². The molecule has 1 aliphatic rings. The smallest absolute Gasteiger partial charge is 0.121 e. The van der Waals surface area contributed by atoms with Crippen LogP contribution in [0.5, 0.6) is 5.75 Å². The third-order valence-corrected chi connectivity index (χ3v) is 3.09. The molecule has 0 saturated carbocycles. The Kier molecular flexibility index (Phi) is 3.89. The van der Waals surface area contributed by atoms with Gasteiger partial charge < -0.3 is 15.4 Å². The van der Waals surface area contributed by atoms with Crippen LogP contribution < -0.4 is 15.4 Å². The molecule has 0 bridgehead atoms. The third kappa shape index (κ3) is 3.37. The second kappa shape index (κ2) is 5.41. The normalized spacial score (nSPS) is 17.5. The summed E-state index contributed by atoms with van der Waals surface area (Å²) in [5.41, 5.74) is 7.16. The van der Waals surface area contributed by atoms with Gasteiger partial charge in [0.15, 0.2) is 0 Å². The molecule has 17 heavy (non-hydrogen) atoms. The topological polar surface area (TPSA) is 38.5 Å². The molecule has 0 aromatic heterocycles. The maximum atomic E-state index is 5.92. The zero-order valence-electron chi connectivity index (χ0n) is 10.7. The van der Waals surface area contributed by atoms with E-state index in [2.05, 4.69) is 23.1 Å². The summed E-state index contributed by atoms with van der Waals surface area (Å²) in [5, 5.41) is 0. The number of piperidine rings is 1. The highest BCUT2D eigenvalue weighted by Crippen LogP contribution is 2.24. The van der Waals surface area contributed by atoms with Gasteiger partial charge in [-0.3, -0.25) is 0 Å². The highest BCUT2D eigenvalue weighted by molar-refractivity contribution is 5.51. The van der Waals surface area contributed by atoms with Crippen LogP contribution in [0.15, 0.2) is 24.3 Å². The van der Waals surface area contributed by atoms with E-state index in [9.17, 15) is 0 Å². The quantitative estimate of drug-likeness (QED) is 0.872. The summed E-state index contributed by atoms with van der Waals surface area (Å²) in [7, 11) is 0. The predicted molar refractivity (Wildman–Crippen MR) is 71.6 cm³/mol. The Balaban J connectivity index is 2.05. The fourth-order valence-corrected chi connectivity index (χ4v) is 2.18. The van der Waals surface area contributed by atoms with Crippen LogP contribution >= 0.6 is 0 Å². The van der Waals surface area contributed by atoms with Crippen LogP contribution in [0.3, 0.4) is 0 Å². The zero-order chi connectivity index (χ0) is 12.3. The molecule has 1 heterocycles. The van der Waals surface area contributed by atoms with Gasteiger partial charge in [0.2, 0.25) is 0 Å². The monoisotopic (exact) mass is 234 g/mol. The minimum absolute atomic E-state index is 0.222. The average Bonchev–Trinajstić information content (AvgIpc) is 2.29.